The second-order valence-corrected chi connectivity index (χ2v) is 5.04. The highest BCUT2D eigenvalue weighted by atomic mass is 16.5. The highest BCUT2D eigenvalue weighted by Crippen LogP contribution is 2.11. The summed E-state index contributed by atoms with van der Waals surface area (Å²) in [5, 5.41) is 3.91. The molecule has 0 spiro atoms. The molecule has 0 bridgehead atoms. The summed E-state index contributed by atoms with van der Waals surface area (Å²) >= 11 is 0. The number of carbonyl (C=O) groups excluding carboxylic acids is 1. The smallest absolute Gasteiger partial charge is 0.307 e. The van der Waals surface area contributed by atoms with Crippen LogP contribution in [0.3, 0.4) is 0 Å². The van der Waals surface area contributed by atoms with Crippen molar-refractivity contribution in [3.63, 3.8) is 0 Å². The Balaban J connectivity index is 1.91. The lowest BCUT2D eigenvalue weighted by Gasteiger charge is -1.99. The summed E-state index contributed by atoms with van der Waals surface area (Å²) in [4.78, 5) is 12.0. The number of rotatable bonds is 6. The Morgan fingerprint density at radius 2 is 2.25 bits per heavy atom. The van der Waals surface area contributed by atoms with Gasteiger partial charge >= 0.3 is 5.91 Å². The summed E-state index contributed by atoms with van der Waals surface area (Å²) in [7, 11) is 1.59. The molecule has 1 aromatic carbocycles. The van der Waals surface area contributed by atoms with Crippen LogP contribution in [0.4, 0.5) is 0 Å². The standard InChI is InChI=1S/C19H20N2O3/c1-3-4-5-6-9-16-11-12-18(24-16)19(22)21-20-14-15-8-7-10-17(13-15)23-2/h7-8,10-14H,3-5H2,1-2H3,(H,21,22)/b20-14+. The van der Waals surface area contributed by atoms with Crippen LogP contribution in [0.1, 0.15) is 48.1 Å². The van der Waals surface area contributed by atoms with E-state index in [2.05, 4.69) is 29.3 Å². The van der Waals surface area contributed by atoms with Crippen molar-refractivity contribution in [1.82, 2.24) is 5.43 Å². The summed E-state index contributed by atoms with van der Waals surface area (Å²) in [6.07, 6.45) is 4.52. The van der Waals surface area contributed by atoms with E-state index in [0.29, 0.717) is 5.76 Å². The molecule has 0 saturated heterocycles. The Morgan fingerprint density at radius 1 is 1.38 bits per heavy atom. The minimum atomic E-state index is -0.421. The number of methoxy groups -OCH3 is 1. The van der Waals surface area contributed by atoms with Crippen molar-refractivity contribution in [3.8, 4) is 17.6 Å². The fourth-order valence-corrected chi connectivity index (χ4v) is 1.88. The fraction of sp³-hybridized carbons (Fsp3) is 0.263. The molecule has 0 unspecified atom stereocenters. The van der Waals surface area contributed by atoms with Crippen LogP contribution in [0.25, 0.3) is 0 Å². The first-order chi connectivity index (χ1) is 11.7. The number of hydrogen-bond acceptors (Lipinski definition) is 4. The molecule has 2 aromatic rings. The zero-order valence-electron chi connectivity index (χ0n) is 13.8. The lowest BCUT2D eigenvalue weighted by atomic mass is 10.2. The Bertz CT molecular complexity index is 766. The minimum absolute atomic E-state index is 0.178. The third kappa shape index (κ3) is 5.33. The quantitative estimate of drug-likeness (QED) is 0.382. The number of benzene rings is 1. The third-order valence-electron chi connectivity index (χ3n) is 3.17. The molecule has 5 heteroatoms. The van der Waals surface area contributed by atoms with Crippen molar-refractivity contribution in [2.45, 2.75) is 26.2 Å². The summed E-state index contributed by atoms with van der Waals surface area (Å²) in [5.41, 5.74) is 3.24. The molecule has 1 heterocycles. The first-order valence-electron chi connectivity index (χ1n) is 7.79. The molecule has 0 aliphatic heterocycles. The van der Waals surface area contributed by atoms with E-state index >= 15 is 0 Å². The number of nitrogens with one attached hydrogen (secondary N) is 1. The molecule has 1 aromatic heterocycles. The van der Waals surface area contributed by atoms with E-state index in [-0.39, 0.29) is 5.76 Å². The van der Waals surface area contributed by atoms with Crippen molar-refractivity contribution >= 4 is 12.1 Å². The topological polar surface area (TPSA) is 63.8 Å². The van der Waals surface area contributed by atoms with Crippen molar-refractivity contribution in [1.29, 1.82) is 0 Å². The van der Waals surface area contributed by atoms with Gasteiger partial charge in [-0.2, -0.15) is 5.10 Å². The average Bonchev–Trinajstić information content (AvgIpc) is 3.08. The number of hydrazone groups is 1. The molecule has 2 rings (SSSR count). The SMILES string of the molecule is CCCCC#Cc1ccc(C(=O)N/N=C/c2cccc(OC)c2)o1. The van der Waals surface area contributed by atoms with E-state index in [4.69, 9.17) is 9.15 Å². The Kier molecular flexibility index (Phi) is 6.66. The molecule has 0 aliphatic rings. The Labute approximate surface area is 141 Å². The minimum Gasteiger partial charge on any atom is -0.497 e. The Morgan fingerprint density at radius 3 is 3.04 bits per heavy atom. The summed E-state index contributed by atoms with van der Waals surface area (Å²) in [5.74, 6) is 6.88. The molecule has 5 nitrogen and oxygen atoms in total. The second kappa shape index (κ2) is 9.21. The van der Waals surface area contributed by atoms with Gasteiger partial charge in [-0.3, -0.25) is 4.79 Å². The van der Waals surface area contributed by atoms with E-state index in [1.54, 1.807) is 19.2 Å². The lowest BCUT2D eigenvalue weighted by molar-refractivity contribution is 0.0927. The van der Waals surface area contributed by atoms with Gasteiger partial charge in [0.05, 0.1) is 13.3 Å². The maximum absolute atomic E-state index is 12.0. The van der Waals surface area contributed by atoms with Crippen molar-refractivity contribution in [2.75, 3.05) is 7.11 Å². The molecule has 0 radical (unpaired) electrons. The van der Waals surface area contributed by atoms with E-state index in [1.807, 2.05) is 24.3 Å². The second-order valence-electron chi connectivity index (χ2n) is 5.04. The van der Waals surface area contributed by atoms with E-state index in [9.17, 15) is 4.79 Å². The number of hydrogen-bond donors (Lipinski definition) is 1. The highest BCUT2D eigenvalue weighted by molar-refractivity contribution is 5.92. The van der Waals surface area contributed by atoms with Crippen LogP contribution in [-0.4, -0.2) is 19.2 Å². The van der Waals surface area contributed by atoms with E-state index in [0.717, 1.165) is 30.6 Å². The number of carbonyl (C=O) groups is 1. The molecular formula is C19H20N2O3. The van der Waals surface area contributed by atoms with Crippen molar-refractivity contribution in [2.24, 2.45) is 5.10 Å². The van der Waals surface area contributed by atoms with Gasteiger partial charge in [-0.15, -0.1) is 0 Å². The molecular weight excluding hydrogens is 304 g/mol. The van der Waals surface area contributed by atoms with Gasteiger partial charge in [0.15, 0.2) is 11.5 Å². The first-order valence-corrected chi connectivity index (χ1v) is 7.79. The van der Waals surface area contributed by atoms with Gasteiger partial charge < -0.3 is 9.15 Å². The van der Waals surface area contributed by atoms with Crippen LogP contribution in [0.2, 0.25) is 0 Å². The summed E-state index contributed by atoms with van der Waals surface area (Å²) in [6.45, 7) is 2.11. The van der Waals surface area contributed by atoms with Crippen LogP contribution >= 0.6 is 0 Å². The number of amides is 1. The molecule has 0 aliphatic carbocycles. The maximum atomic E-state index is 12.0. The number of furan rings is 1. The van der Waals surface area contributed by atoms with Gasteiger partial charge in [0.2, 0.25) is 0 Å². The van der Waals surface area contributed by atoms with Crippen LogP contribution in [0.5, 0.6) is 5.75 Å². The molecule has 0 saturated carbocycles. The normalized spacial score (nSPS) is 10.2. The molecule has 0 atom stereocenters. The third-order valence-corrected chi connectivity index (χ3v) is 3.17. The molecule has 124 valence electrons. The van der Waals surface area contributed by atoms with Gasteiger partial charge in [-0.25, -0.2) is 5.43 Å². The van der Waals surface area contributed by atoms with E-state index in [1.165, 1.54) is 6.21 Å². The van der Waals surface area contributed by atoms with Crippen LogP contribution in [0.15, 0.2) is 45.9 Å². The van der Waals surface area contributed by atoms with Gasteiger partial charge in [0, 0.05) is 6.42 Å². The highest BCUT2D eigenvalue weighted by Gasteiger charge is 2.09. The molecule has 0 fully saturated rings. The van der Waals surface area contributed by atoms with E-state index < -0.39 is 5.91 Å². The summed E-state index contributed by atoms with van der Waals surface area (Å²) < 4.78 is 10.5. The zero-order valence-corrected chi connectivity index (χ0v) is 13.8. The Hall–Kier alpha value is -3.00. The average molecular weight is 324 g/mol. The number of nitrogens with zero attached hydrogens (tertiary/aromatic N) is 1. The van der Waals surface area contributed by atoms with Gasteiger partial charge in [0.1, 0.15) is 5.75 Å². The van der Waals surface area contributed by atoms with Crippen LogP contribution in [0, 0.1) is 11.8 Å². The zero-order chi connectivity index (χ0) is 17.2. The van der Waals surface area contributed by atoms with Crippen LogP contribution in [-0.2, 0) is 0 Å². The fourth-order valence-electron chi connectivity index (χ4n) is 1.88. The van der Waals surface area contributed by atoms with Gasteiger partial charge in [-0.05, 0) is 42.2 Å². The van der Waals surface area contributed by atoms with Crippen molar-refractivity contribution < 1.29 is 13.9 Å². The number of unbranched alkanes of at least 4 members (excludes halogenated alkanes) is 2. The predicted octanol–water partition coefficient (Wildman–Crippen LogP) is 3.59. The van der Waals surface area contributed by atoms with Gasteiger partial charge in [-0.1, -0.05) is 31.4 Å². The molecule has 24 heavy (non-hydrogen) atoms. The largest absolute Gasteiger partial charge is 0.497 e. The lowest BCUT2D eigenvalue weighted by Crippen LogP contribution is -2.16. The first kappa shape index (κ1) is 17.4. The summed E-state index contributed by atoms with van der Waals surface area (Å²) in [6, 6.07) is 10.6. The predicted molar refractivity (Wildman–Crippen MR) is 93.2 cm³/mol. The molecule has 1 N–H and O–H groups in total. The number of ether oxygens (including phenoxy) is 1. The van der Waals surface area contributed by atoms with Gasteiger partial charge in [0.25, 0.3) is 0 Å². The monoisotopic (exact) mass is 324 g/mol. The van der Waals surface area contributed by atoms with Crippen LogP contribution < -0.4 is 10.2 Å². The maximum Gasteiger partial charge on any atom is 0.307 e. The van der Waals surface area contributed by atoms with Crippen molar-refractivity contribution in [3.05, 3.63) is 53.5 Å². The molecule has 1 amide bonds.